The largest absolute Gasteiger partial charge is 0.378 e. The Morgan fingerprint density at radius 1 is 1.33 bits per heavy atom. The molecule has 0 N–H and O–H groups in total. The fourth-order valence-electron chi connectivity index (χ4n) is 3.14. The van der Waals surface area contributed by atoms with E-state index in [1.807, 2.05) is 6.92 Å². The molecule has 1 saturated heterocycles. The summed E-state index contributed by atoms with van der Waals surface area (Å²) in [5, 5.41) is 0. The smallest absolute Gasteiger partial charge is 0.115 e. The molecule has 0 radical (unpaired) electrons. The molecule has 1 aliphatic rings. The standard InChI is InChI=1S/C20H29N3O/c1-7-21-14-22-16(3)17-10-15(2)11-18(12-17)19-13-24-9-8-23(19)20(4,5)6/h7,10-12,14,19H,1,8-9,13H2,2-6H3/t19-/m0/s1. The molecule has 2 rings (SSSR count). The van der Waals surface area contributed by atoms with Gasteiger partial charge in [-0.15, -0.1) is 0 Å². The molecule has 0 aromatic heterocycles. The van der Waals surface area contributed by atoms with Gasteiger partial charge in [0.25, 0.3) is 0 Å². The Morgan fingerprint density at radius 2 is 2.08 bits per heavy atom. The van der Waals surface area contributed by atoms with Crippen LogP contribution in [-0.2, 0) is 4.74 Å². The van der Waals surface area contributed by atoms with Crippen LogP contribution in [0.3, 0.4) is 0 Å². The normalized spacial score (nSPS) is 20.5. The van der Waals surface area contributed by atoms with Crippen molar-refractivity contribution in [2.75, 3.05) is 19.8 Å². The van der Waals surface area contributed by atoms with Gasteiger partial charge in [-0.2, -0.15) is 0 Å². The summed E-state index contributed by atoms with van der Waals surface area (Å²) in [6.45, 7) is 17.0. The summed E-state index contributed by atoms with van der Waals surface area (Å²) in [6.07, 6.45) is 3.02. The summed E-state index contributed by atoms with van der Waals surface area (Å²) >= 11 is 0. The van der Waals surface area contributed by atoms with E-state index in [4.69, 9.17) is 4.74 Å². The highest BCUT2D eigenvalue weighted by atomic mass is 16.5. The molecule has 0 bridgehead atoms. The number of morpholine rings is 1. The highest BCUT2D eigenvalue weighted by Gasteiger charge is 2.32. The van der Waals surface area contributed by atoms with E-state index in [0.717, 1.165) is 31.0 Å². The minimum absolute atomic E-state index is 0.109. The molecular weight excluding hydrogens is 298 g/mol. The Kier molecular flexibility index (Phi) is 6.08. The van der Waals surface area contributed by atoms with Gasteiger partial charge in [0.2, 0.25) is 0 Å². The fourth-order valence-corrected chi connectivity index (χ4v) is 3.14. The first-order chi connectivity index (χ1) is 11.3. The molecule has 4 heteroatoms. The third kappa shape index (κ3) is 4.62. The maximum absolute atomic E-state index is 5.78. The summed E-state index contributed by atoms with van der Waals surface area (Å²) in [4.78, 5) is 10.9. The Balaban J connectivity index is 2.38. The molecular formula is C20H29N3O. The SMILES string of the molecule is C=CN=CN=C(C)c1cc(C)cc([C@@H]2COCCN2C(C)(C)C)c1. The number of benzene rings is 1. The lowest BCUT2D eigenvalue weighted by Crippen LogP contribution is -2.49. The van der Waals surface area contributed by atoms with Crippen LogP contribution in [0.15, 0.2) is 41.0 Å². The zero-order chi connectivity index (χ0) is 17.7. The lowest BCUT2D eigenvalue weighted by molar-refractivity contribution is -0.0506. The first kappa shape index (κ1) is 18.6. The maximum atomic E-state index is 5.78. The molecule has 0 amide bonds. The van der Waals surface area contributed by atoms with Crippen LogP contribution in [-0.4, -0.2) is 42.2 Å². The van der Waals surface area contributed by atoms with E-state index in [1.54, 1.807) is 0 Å². The van der Waals surface area contributed by atoms with Crippen molar-refractivity contribution in [3.63, 3.8) is 0 Å². The van der Waals surface area contributed by atoms with Crippen molar-refractivity contribution in [2.45, 2.75) is 46.2 Å². The van der Waals surface area contributed by atoms with Crippen molar-refractivity contribution in [3.05, 3.63) is 47.7 Å². The van der Waals surface area contributed by atoms with E-state index in [0.29, 0.717) is 0 Å². The molecule has 1 aliphatic heterocycles. The van der Waals surface area contributed by atoms with Crippen LogP contribution >= 0.6 is 0 Å². The summed E-state index contributed by atoms with van der Waals surface area (Å²) in [6, 6.07) is 6.92. The molecule has 0 spiro atoms. The van der Waals surface area contributed by atoms with Crippen molar-refractivity contribution in [1.29, 1.82) is 0 Å². The second-order valence-corrected chi connectivity index (χ2v) is 7.25. The van der Waals surface area contributed by atoms with Gasteiger partial charge in [-0.25, -0.2) is 9.98 Å². The second-order valence-electron chi connectivity index (χ2n) is 7.25. The number of hydrogen-bond donors (Lipinski definition) is 0. The average Bonchev–Trinajstić information content (AvgIpc) is 2.53. The van der Waals surface area contributed by atoms with Crippen LogP contribution in [0, 0.1) is 6.92 Å². The topological polar surface area (TPSA) is 37.2 Å². The van der Waals surface area contributed by atoms with Gasteiger partial charge in [-0.3, -0.25) is 4.90 Å². The third-order valence-electron chi connectivity index (χ3n) is 4.32. The summed E-state index contributed by atoms with van der Waals surface area (Å²) < 4.78 is 5.78. The zero-order valence-corrected chi connectivity index (χ0v) is 15.5. The highest BCUT2D eigenvalue weighted by molar-refractivity contribution is 6.02. The number of nitrogens with zero attached hydrogens (tertiary/aromatic N) is 3. The van der Waals surface area contributed by atoms with E-state index in [1.165, 1.54) is 23.7 Å². The number of hydrogen-bond acceptors (Lipinski definition) is 3. The van der Waals surface area contributed by atoms with Crippen LogP contribution in [0.1, 0.15) is 50.4 Å². The van der Waals surface area contributed by atoms with E-state index in [9.17, 15) is 0 Å². The van der Waals surface area contributed by atoms with Gasteiger partial charge in [0.05, 0.1) is 19.3 Å². The third-order valence-corrected chi connectivity index (χ3v) is 4.32. The fraction of sp³-hybridized carbons (Fsp3) is 0.500. The van der Waals surface area contributed by atoms with Gasteiger partial charge in [0, 0.05) is 24.0 Å². The lowest BCUT2D eigenvalue weighted by atomic mass is 9.94. The number of rotatable bonds is 4. The van der Waals surface area contributed by atoms with Crippen LogP contribution in [0.5, 0.6) is 0 Å². The molecule has 1 aromatic rings. The zero-order valence-electron chi connectivity index (χ0n) is 15.5. The van der Waals surface area contributed by atoms with Crippen LogP contribution in [0.4, 0.5) is 0 Å². The predicted octanol–water partition coefficient (Wildman–Crippen LogP) is 4.15. The van der Waals surface area contributed by atoms with Crippen molar-refractivity contribution in [1.82, 2.24) is 4.90 Å². The number of ether oxygens (including phenoxy) is 1. The monoisotopic (exact) mass is 327 g/mol. The molecule has 0 saturated carbocycles. The molecule has 1 fully saturated rings. The summed E-state index contributed by atoms with van der Waals surface area (Å²) in [7, 11) is 0. The van der Waals surface area contributed by atoms with Crippen LogP contribution < -0.4 is 0 Å². The minimum atomic E-state index is 0.109. The average molecular weight is 327 g/mol. The molecule has 0 unspecified atom stereocenters. The van der Waals surface area contributed by atoms with Crippen LogP contribution in [0.25, 0.3) is 0 Å². The van der Waals surface area contributed by atoms with Crippen molar-refractivity contribution < 1.29 is 4.74 Å². The van der Waals surface area contributed by atoms with E-state index >= 15 is 0 Å². The lowest BCUT2D eigenvalue weighted by Gasteiger charge is -2.44. The number of aliphatic imine (C=N–C) groups is 2. The summed E-state index contributed by atoms with van der Waals surface area (Å²) in [5.74, 6) is 0. The molecule has 24 heavy (non-hydrogen) atoms. The quantitative estimate of drug-likeness (QED) is 0.615. The van der Waals surface area contributed by atoms with Crippen molar-refractivity contribution in [3.8, 4) is 0 Å². The predicted molar refractivity (Wildman–Crippen MR) is 102 cm³/mol. The molecule has 1 aromatic carbocycles. The Hall–Kier alpha value is -1.78. The van der Waals surface area contributed by atoms with Crippen molar-refractivity contribution in [2.24, 2.45) is 9.98 Å². The Labute approximate surface area is 146 Å². The minimum Gasteiger partial charge on any atom is -0.378 e. The number of aryl methyl sites for hydroxylation is 1. The first-order valence-electron chi connectivity index (χ1n) is 8.46. The van der Waals surface area contributed by atoms with Gasteiger partial charge in [0.1, 0.15) is 6.34 Å². The molecule has 0 aliphatic carbocycles. The molecule has 1 heterocycles. The van der Waals surface area contributed by atoms with Gasteiger partial charge in [-0.1, -0.05) is 24.3 Å². The van der Waals surface area contributed by atoms with Gasteiger partial charge in [-0.05, 0) is 51.8 Å². The van der Waals surface area contributed by atoms with Crippen molar-refractivity contribution >= 4 is 12.1 Å². The summed E-state index contributed by atoms with van der Waals surface area (Å²) in [5.41, 5.74) is 4.70. The molecule has 130 valence electrons. The van der Waals surface area contributed by atoms with E-state index in [2.05, 4.69) is 67.4 Å². The Bertz CT molecular complexity index is 641. The first-order valence-corrected chi connectivity index (χ1v) is 8.46. The Morgan fingerprint density at radius 3 is 2.75 bits per heavy atom. The maximum Gasteiger partial charge on any atom is 0.115 e. The van der Waals surface area contributed by atoms with E-state index < -0.39 is 0 Å². The van der Waals surface area contributed by atoms with Gasteiger partial charge in [0.15, 0.2) is 0 Å². The van der Waals surface area contributed by atoms with Gasteiger partial charge < -0.3 is 4.74 Å². The highest BCUT2D eigenvalue weighted by Crippen LogP contribution is 2.31. The van der Waals surface area contributed by atoms with Gasteiger partial charge >= 0.3 is 0 Å². The molecule has 1 atom stereocenters. The molecule has 4 nitrogen and oxygen atoms in total. The van der Waals surface area contributed by atoms with E-state index in [-0.39, 0.29) is 11.6 Å². The van der Waals surface area contributed by atoms with Crippen LogP contribution in [0.2, 0.25) is 0 Å². The second kappa shape index (κ2) is 7.86.